The Balaban J connectivity index is 1.71. The van der Waals surface area contributed by atoms with E-state index in [9.17, 15) is 8.42 Å². The Morgan fingerprint density at radius 3 is 2.71 bits per heavy atom. The first-order chi connectivity index (χ1) is 11.6. The number of nitrogens with one attached hydrogen (secondary N) is 1. The van der Waals surface area contributed by atoms with Crippen molar-refractivity contribution >= 4 is 27.4 Å². The van der Waals surface area contributed by atoms with Gasteiger partial charge in [0.2, 0.25) is 10.0 Å². The van der Waals surface area contributed by atoms with Crippen LogP contribution in [0, 0.1) is 0 Å². The van der Waals surface area contributed by atoms with Gasteiger partial charge >= 0.3 is 0 Å². The van der Waals surface area contributed by atoms with Gasteiger partial charge in [-0.2, -0.15) is 16.4 Å². The number of hydrogen-bond donors (Lipinski definition) is 1. The largest absolute Gasteiger partial charge is 0.264 e. The number of thiophene rings is 1. The highest BCUT2D eigenvalue weighted by molar-refractivity contribution is 7.92. The van der Waals surface area contributed by atoms with Gasteiger partial charge in [-0.25, -0.2) is 13.1 Å². The second-order valence-corrected chi connectivity index (χ2v) is 7.60. The highest BCUT2D eigenvalue weighted by Gasteiger charge is 2.17. The van der Waals surface area contributed by atoms with Crippen LogP contribution in [0.1, 0.15) is 17.2 Å². The van der Waals surface area contributed by atoms with Crippen LogP contribution in [0.4, 0.5) is 0 Å². The molecule has 2 aromatic heterocycles. The van der Waals surface area contributed by atoms with Crippen molar-refractivity contribution in [2.24, 2.45) is 0 Å². The van der Waals surface area contributed by atoms with E-state index in [2.05, 4.69) is 9.82 Å². The fraction of sp³-hybridized carbons (Fsp3) is 0.118. The molecule has 0 spiro atoms. The standard InChI is InChI=1S/C17H17N3O2S2/c21-24(22,12-8-15-5-2-1-3-6-15)19-13-17(16-7-11-23-14-16)20-10-4-9-18-20/h1-12,14,17,19H,13H2. The lowest BCUT2D eigenvalue weighted by Gasteiger charge is -2.16. The predicted molar refractivity (Wildman–Crippen MR) is 97.1 cm³/mol. The summed E-state index contributed by atoms with van der Waals surface area (Å²) in [4.78, 5) is 0. The second-order valence-electron chi connectivity index (χ2n) is 5.17. The van der Waals surface area contributed by atoms with Crippen molar-refractivity contribution in [2.45, 2.75) is 6.04 Å². The van der Waals surface area contributed by atoms with Crippen molar-refractivity contribution in [1.29, 1.82) is 0 Å². The number of nitrogens with zero attached hydrogens (tertiary/aromatic N) is 2. The molecule has 2 heterocycles. The molecule has 0 fully saturated rings. The topological polar surface area (TPSA) is 64.0 Å². The minimum Gasteiger partial charge on any atom is -0.264 e. The third-order valence-corrected chi connectivity index (χ3v) is 5.25. The quantitative estimate of drug-likeness (QED) is 0.705. The van der Waals surface area contributed by atoms with Gasteiger partial charge in [0.25, 0.3) is 0 Å². The zero-order valence-corrected chi connectivity index (χ0v) is 14.5. The fourth-order valence-electron chi connectivity index (χ4n) is 2.27. The van der Waals surface area contributed by atoms with Gasteiger partial charge in [0.15, 0.2) is 0 Å². The molecule has 1 unspecified atom stereocenters. The molecule has 1 aromatic carbocycles. The molecule has 0 saturated heterocycles. The number of sulfonamides is 1. The van der Waals surface area contributed by atoms with Crippen molar-refractivity contribution in [2.75, 3.05) is 6.54 Å². The Morgan fingerprint density at radius 1 is 1.21 bits per heavy atom. The lowest BCUT2D eigenvalue weighted by molar-refractivity contribution is 0.509. The summed E-state index contributed by atoms with van der Waals surface area (Å²) in [7, 11) is -3.53. The molecule has 0 aliphatic rings. The van der Waals surface area contributed by atoms with Gasteiger partial charge in [-0.3, -0.25) is 4.68 Å². The molecule has 7 heteroatoms. The van der Waals surface area contributed by atoms with Crippen molar-refractivity contribution in [3.8, 4) is 0 Å². The predicted octanol–water partition coefficient (Wildman–Crippen LogP) is 3.12. The van der Waals surface area contributed by atoms with Gasteiger partial charge in [0.05, 0.1) is 6.04 Å². The summed E-state index contributed by atoms with van der Waals surface area (Å²) in [5, 5.41) is 9.39. The van der Waals surface area contributed by atoms with E-state index >= 15 is 0 Å². The third-order valence-electron chi connectivity index (χ3n) is 3.49. The van der Waals surface area contributed by atoms with Crippen molar-refractivity contribution < 1.29 is 8.42 Å². The average molecular weight is 359 g/mol. The normalized spacial score (nSPS) is 13.3. The van der Waals surface area contributed by atoms with Crippen LogP contribution in [0.3, 0.4) is 0 Å². The highest BCUT2D eigenvalue weighted by atomic mass is 32.2. The van der Waals surface area contributed by atoms with Crippen molar-refractivity contribution in [3.05, 3.63) is 82.2 Å². The maximum Gasteiger partial charge on any atom is 0.233 e. The van der Waals surface area contributed by atoms with Crippen LogP contribution in [0.5, 0.6) is 0 Å². The van der Waals surface area contributed by atoms with Crippen LogP contribution in [0.25, 0.3) is 6.08 Å². The van der Waals surface area contributed by atoms with E-state index in [1.54, 1.807) is 28.3 Å². The van der Waals surface area contributed by atoms with E-state index in [4.69, 9.17) is 0 Å². The molecular weight excluding hydrogens is 342 g/mol. The van der Waals surface area contributed by atoms with Crippen LogP contribution >= 0.6 is 11.3 Å². The molecule has 0 amide bonds. The van der Waals surface area contributed by atoms with E-state index in [0.29, 0.717) is 0 Å². The summed E-state index contributed by atoms with van der Waals surface area (Å²) in [6.07, 6.45) is 5.09. The zero-order chi connectivity index (χ0) is 16.8. The molecule has 5 nitrogen and oxygen atoms in total. The average Bonchev–Trinajstić information content (AvgIpc) is 3.28. The van der Waals surface area contributed by atoms with Gasteiger partial charge < -0.3 is 0 Å². The molecule has 0 aliphatic heterocycles. The van der Waals surface area contributed by atoms with E-state index in [1.165, 1.54) is 5.41 Å². The van der Waals surface area contributed by atoms with Crippen LogP contribution in [0.15, 0.2) is 71.0 Å². The Labute approximate surface area is 145 Å². The van der Waals surface area contributed by atoms with E-state index in [-0.39, 0.29) is 12.6 Å². The molecule has 0 saturated carbocycles. The number of benzene rings is 1. The molecule has 3 aromatic rings. The molecule has 1 N–H and O–H groups in total. The van der Waals surface area contributed by atoms with Crippen LogP contribution < -0.4 is 4.72 Å². The molecule has 0 radical (unpaired) electrons. The molecular formula is C17H17N3O2S2. The molecule has 24 heavy (non-hydrogen) atoms. The molecule has 3 rings (SSSR count). The number of aromatic nitrogens is 2. The monoisotopic (exact) mass is 359 g/mol. The molecule has 0 aliphatic carbocycles. The van der Waals surface area contributed by atoms with Crippen LogP contribution in [-0.2, 0) is 10.0 Å². The Bertz CT molecular complexity index is 837. The molecule has 0 bridgehead atoms. The summed E-state index contributed by atoms with van der Waals surface area (Å²) in [5.41, 5.74) is 1.86. The Kier molecular flexibility index (Phi) is 5.24. The first-order valence-corrected chi connectivity index (χ1v) is 9.87. The van der Waals surface area contributed by atoms with Crippen LogP contribution in [-0.4, -0.2) is 24.7 Å². The van der Waals surface area contributed by atoms with Gasteiger partial charge in [-0.15, -0.1) is 0 Å². The maximum atomic E-state index is 12.2. The summed E-state index contributed by atoms with van der Waals surface area (Å²) >= 11 is 1.57. The second kappa shape index (κ2) is 7.57. The van der Waals surface area contributed by atoms with E-state index < -0.39 is 10.0 Å². The summed E-state index contributed by atoms with van der Waals surface area (Å²) in [6, 6.07) is 12.9. The third kappa shape index (κ3) is 4.41. The van der Waals surface area contributed by atoms with Gasteiger partial charge in [-0.05, 0) is 40.1 Å². The first-order valence-electron chi connectivity index (χ1n) is 7.38. The minimum absolute atomic E-state index is 0.175. The Hall–Kier alpha value is -2.22. The number of hydrogen-bond acceptors (Lipinski definition) is 4. The smallest absolute Gasteiger partial charge is 0.233 e. The van der Waals surface area contributed by atoms with Gasteiger partial charge in [0, 0.05) is 24.3 Å². The van der Waals surface area contributed by atoms with Gasteiger partial charge in [0.1, 0.15) is 0 Å². The maximum absolute atomic E-state index is 12.2. The van der Waals surface area contributed by atoms with E-state index in [1.807, 2.05) is 59.4 Å². The fourth-order valence-corrected chi connectivity index (χ4v) is 3.80. The summed E-state index contributed by atoms with van der Waals surface area (Å²) < 4.78 is 28.8. The lowest BCUT2D eigenvalue weighted by Crippen LogP contribution is -2.30. The lowest BCUT2D eigenvalue weighted by atomic mass is 10.1. The highest BCUT2D eigenvalue weighted by Crippen LogP contribution is 2.20. The first kappa shape index (κ1) is 16.6. The van der Waals surface area contributed by atoms with Gasteiger partial charge in [-0.1, -0.05) is 30.3 Å². The minimum atomic E-state index is -3.53. The molecule has 124 valence electrons. The zero-order valence-electron chi connectivity index (χ0n) is 12.8. The van der Waals surface area contributed by atoms with Crippen LogP contribution in [0.2, 0.25) is 0 Å². The SMILES string of the molecule is O=S(=O)(C=Cc1ccccc1)NCC(c1ccsc1)n1cccn1. The van der Waals surface area contributed by atoms with E-state index in [0.717, 1.165) is 11.1 Å². The summed E-state index contributed by atoms with van der Waals surface area (Å²) in [6.45, 7) is 0.236. The molecule has 1 atom stereocenters. The van der Waals surface area contributed by atoms with Crippen molar-refractivity contribution in [3.63, 3.8) is 0 Å². The summed E-state index contributed by atoms with van der Waals surface area (Å²) in [5.74, 6) is 0. The number of rotatable bonds is 7. The Morgan fingerprint density at radius 2 is 2.04 bits per heavy atom. The van der Waals surface area contributed by atoms with Crippen molar-refractivity contribution in [1.82, 2.24) is 14.5 Å².